The number of fused-ring (bicyclic) bond motifs is 1. The van der Waals surface area contributed by atoms with E-state index in [4.69, 9.17) is 12.7 Å². The van der Waals surface area contributed by atoms with Crippen molar-refractivity contribution >= 4 is 8.32 Å². The van der Waals surface area contributed by atoms with Gasteiger partial charge in [0, 0.05) is 14.3 Å². The number of hydrogen-bond acceptors (Lipinski definition) is 2. The SMILES string of the molecule is [2H]C([2H])([2H])C(O)(CCCC1([C@H]2CC[C@H]3[C@@H](O[Si](C)(C)C(C)(C)C)CCC[C@]23C)CC1)C([2H])([2H])[2H]. The Labute approximate surface area is 184 Å². The van der Waals surface area contributed by atoms with Crippen LogP contribution in [0, 0.1) is 22.7 Å². The molecule has 1 N–H and O–H groups in total. The van der Waals surface area contributed by atoms with E-state index in [-0.39, 0.29) is 22.3 Å². The second kappa shape index (κ2) is 7.37. The van der Waals surface area contributed by atoms with Crippen molar-refractivity contribution in [2.75, 3.05) is 0 Å². The van der Waals surface area contributed by atoms with Gasteiger partial charge in [0.2, 0.25) is 0 Å². The summed E-state index contributed by atoms with van der Waals surface area (Å²) in [5.74, 6) is 1.14. The normalized spacial score (nSPS) is 39.8. The van der Waals surface area contributed by atoms with E-state index in [2.05, 4.69) is 40.8 Å². The smallest absolute Gasteiger partial charge is 0.192 e. The topological polar surface area (TPSA) is 29.5 Å². The van der Waals surface area contributed by atoms with Crippen LogP contribution in [-0.4, -0.2) is 25.1 Å². The summed E-state index contributed by atoms with van der Waals surface area (Å²) in [7, 11) is -1.85. The molecule has 0 spiro atoms. The molecule has 3 fully saturated rings. The van der Waals surface area contributed by atoms with Crippen molar-refractivity contribution in [2.45, 2.75) is 135 Å². The summed E-state index contributed by atoms with van der Waals surface area (Å²) in [5, 5.41) is 10.9. The highest BCUT2D eigenvalue weighted by Crippen LogP contribution is 2.69. The third-order valence-electron chi connectivity index (χ3n) is 9.16. The maximum absolute atomic E-state index is 10.7. The Balaban J connectivity index is 1.71. The molecule has 0 unspecified atom stereocenters. The Bertz CT molecular complexity index is 723. The monoisotopic (exact) mass is 414 g/mol. The number of rotatable bonds is 7. The fourth-order valence-electron chi connectivity index (χ4n) is 6.45. The summed E-state index contributed by atoms with van der Waals surface area (Å²) in [4.78, 5) is 0. The second-order valence-corrected chi connectivity index (χ2v) is 16.9. The first-order valence-electron chi connectivity index (χ1n) is 14.6. The predicted molar refractivity (Wildman–Crippen MR) is 122 cm³/mol. The minimum atomic E-state index is -2.92. The van der Waals surface area contributed by atoms with Crippen LogP contribution < -0.4 is 0 Å². The predicted octanol–water partition coefficient (Wildman–Crippen LogP) is 7.31. The number of aliphatic hydroxyl groups is 1. The van der Waals surface area contributed by atoms with Gasteiger partial charge in [0.05, 0.1) is 5.60 Å². The van der Waals surface area contributed by atoms with Crippen molar-refractivity contribution in [1.82, 2.24) is 0 Å². The van der Waals surface area contributed by atoms with Crippen LogP contribution in [0.5, 0.6) is 0 Å². The van der Waals surface area contributed by atoms with Gasteiger partial charge in [-0.05, 0) is 106 Å². The molecule has 3 aliphatic carbocycles. The summed E-state index contributed by atoms with van der Waals surface area (Å²) in [6, 6.07) is 0. The zero-order chi connectivity index (χ0) is 26.0. The van der Waals surface area contributed by atoms with Crippen molar-refractivity contribution in [3.05, 3.63) is 0 Å². The Morgan fingerprint density at radius 1 is 1.11 bits per heavy atom. The van der Waals surface area contributed by atoms with Crippen molar-refractivity contribution in [2.24, 2.45) is 22.7 Å². The molecule has 28 heavy (non-hydrogen) atoms. The van der Waals surface area contributed by atoms with Gasteiger partial charge in [0.1, 0.15) is 0 Å². The summed E-state index contributed by atoms with van der Waals surface area (Å²) < 4.78 is 52.9. The maximum atomic E-state index is 10.7. The van der Waals surface area contributed by atoms with Gasteiger partial charge in [-0.3, -0.25) is 0 Å². The quantitative estimate of drug-likeness (QED) is 0.442. The molecule has 3 rings (SSSR count). The molecule has 2 nitrogen and oxygen atoms in total. The van der Waals surface area contributed by atoms with E-state index in [9.17, 15) is 5.11 Å². The van der Waals surface area contributed by atoms with Crippen LogP contribution in [0.25, 0.3) is 0 Å². The molecule has 164 valence electrons. The first-order valence-corrected chi connectivity index (χ1v) is 14.5. The lowest BCUT2D eigenvalue weighted by molar-refractivity contribution is -0.0282. The molecule has 4 atom stereocenters. The van der Waals surface area contributed by atoms with Crippen LogP contribution in [0.3, 0.4) is 0 Å². The van der Waals surface area contributed by atoms with Crippen LogP contribution in [0.1, 0.15) is 114 Å². The largest absolute Gasteiger partial charge is 0.414 e. The van der Waals surface area contributed by atoms with E-state index in [1.54, 1.807) is 0 Å². The molecule has 3 aliphatic rings. The van der Waals surface area contributed by atoms with Gasteiger partial charge in [0.15, 0.2) is 8.32 Å². The van der Waals surface area contributed by atoms with Crippen molar-refractivity contribution in [1.29, 1.82) is 0 Å². The van der Waals surface area contributed by atoms with Crippen molar-refractivity contribution in [3.63, 3.8) is 0 Å². The zero-order valence-corrected chi connectivity index (χ0v) is 20.2. The molecule has 3 saturated carbocycles. The highest BCUT2D eigenvalue weighted by molar-refractivity contribution is 6.74. The van der Waals surface area contributed by atoms with Gasteiger partial charge >= 0.3 is 0 Å². The van der Waals surface area contributed by atoms with Crippen molar-refractivity contribution < 1.29 is 17.8 Å². The Kier molecular flexibility index (Phi) is 4.18. The molecule has 0 saturated heterocycles. The Hall–Kier alpha value is 0.137. The second-order valence-electron chi connectivity index (χ2n) is 12.1. The van der Waals surface area contributed by atoms with Crippen LogP contribution in [-0.2, 0) is 4.43 Å². The Morgan fingerprint density at radius 2 is 1.79 bits per heavy atom. The Morgan fingerprint density at radius 3 is 2.36 bits per heavy atom. The van der Waals surface area contributed by atoms with E-state index in [0.29, 0.717) is 24.4 Å². The summed E-state index contributed by atoms with van der Waals surface area (Å²) in [6.07, 6.45) is 9.57. The van der Waals surface area contributed by atoms with Crippen LogP contribution in [0.4, 0.5) is 0 Å². The third kappa shape index (κ3) is 4.42. The average Bonchev–Trinajstić information content (AvgIpc) is 3.32. The molecule has 0 radical (unpaired) electrons. The van der Waals surface area contributed by atoms with Crippen LogP contribution >= 0.6 is 0 Å². The van der Waals surface area contributed by atoms with Crippen molar-refractivity contribution in [3.8, 4) is 0 Å². The van der Waals surface area contributed by atoms with Crippen LogP contribution in [0.2, 0.25) is 18.1 Å². The van der Waals surface area contributed by atoms with Gasteiger partial charge in [-0.2, -0.15) is 0 Å². The molecule has 0 aromatic carbocycles. The first-order chi connectivity index (χ1) is 15.2. The molecular weight excluding hydrogens is 360 g/mol. The molecule has 0 amide bonds. The van der Waals surface area contributed by atoms with Gasteiger partial charge in [0.25, 0.3) is 0 Å². The molecule has 0 aromatic heterocycles. The lowest BCUT2D eigenvalue weighted by Crippen LogP contribution is -2.50. The first kappa shape index (κ1) is 15.9. The van der Waals surface area contributed by atoms with E-state index in [0.717, 1.165) is 25.7 Å². The molecule has 3 heteroatoms. The molecule has 0 aromatic rings. The standard InChI is InChI=1S/C25H48O2Si/c1-22(2,3)28(7,8)27-20-11-9-15-24(6)19(20)12-13-21(24)25(17-18-25)16-10-14-23(4,5)26/h19-21,26H,9-18H2,1-8H3/t19-,20-,21-,24-/m0/s1/i4D3,5D3. The molecule has 0 aliphatic heterocycles. The summed E-state index contributed by atoms with van der Waals surface area (Å²) in [6.45, 7) is 8.24. The maximum Gasteiger partial charge on any atom is 0.192 e. The van der Waals surface area contributed by atoms with E-state index in [1.807, 2.05) is 0 Å². The van der Waals surface area contributed by atoms with Gasteiger partial charge in [-0.15, -0.1) is 0 Å². The lowest BCUT2D eigenvalue weighted by atomic mass is 9.60. The molecular formula is C25H48O2Si. The highest BCUT2D eigenvalue weighted by Gasteiger charge is 2.62. The van der Waals surface area contributed by atoms with E-state index in [1.165, 1.54) is 25.7 Å². The van der Waals surface area contributed by atoms with Gasteiger partial charge in [-0.25, -0.2) is 0 Å². The van der Waals surface area contributed by atoms with Gasteiger partial charge in [-0.1, -0.05) is 40.5 Å². The fourth-order valence-corrected chi connectivity index (χ4v) is 7.84. The third-order valence-corrected chi connectivity index (χ3v) is 13.7. The summed E-state index contributed by atoms with van der Waals surface area (Å²) >= 11 is 0. The average molecular weight is 415 g/mol. The lowest BCUT2D eigenvalue weighted by Gasteiger charge is -2.50. The highest BCUT2D eigenvalue weighted by atomic mass is 28.4. The minimum Gasteiger partial charge on any atom is -0.414 e. The summed E-state index contributed by atoms with van der Waals surface area (Å²) in [5.41, 5.74) is -2.23. The zero-order valence-electron chi connectivity index (χ0n) is 25.2. The van der Waals surface area contributed by atoms with Crippen LogP contribution in [0.15, 0.2) is 0 Å². The van der Waals surface area contributed by atoms with E-state index >= 15 is 0 Å². The molecule has 0 bridgehead atoms. The van der Waals surface area contributed by atoms with E-state index < -0.39 is 27.6 Å². The minimum absolute atomic E-state index is 0.173. The number of hydrogen-bond donors (Lipinski definition) is 1. The van der Waals surface area contributed by atoms with Gasteiger partial charge < -0.3 is 9.53 Å². The molecule has 0 heterocycles. The fraction of sp³-hybridized carbons (Fsp3) is 1.00.